The van der Waals surface area contributed by atoms with Gasteiger partial charge in [0.2, 0.25) is 0 Å². The lowest BCUT2D eigenvalue weighted by molar-refractivity contribution is 0.102. The molecule has 0 saturated heterocycles. The SMILES string of the molecule is COc1ccccc1NC(=O)c1cc2cccc(C)c2oc1=O. The van der Waals surface area contributed by atoms with Crippen LogP contribution in [0.1, 0.15) is 15.9 Å². The molecule has 0 radical (unpaired) electrons. The molecule has 0 saturated carbocycles. The van der Waals surface area contributed by atoms with Crippen molar-refractivity contribution >= 4 is 22.6 Å². The summed E-state index contributed by atoms with van der Waals surface area (Å²) in [6.45, 7) is 1.85. The van der Waals surface area contributed by atoms with Gasteiger partial charge in [0.25, 0.3) is 5.91 Å². The molecule has 2 aromatic carbocycles. The minimum absolute atomic E-state index is 0.0472. The molecule has 5 nitrogen and oxygen atoms in total. The Morgan fingerprint density at radius 2 is 1.91 bits per heavy atom. The van der Waals surface area contributed by atoms with Crippen molar-refractivity contribution in [1.29, 1.82) is 0 Å². The van der Waals surface area contributed by atoms with Crippen LogP contribution in [-0.4, -0.2) is 13.0 Å². The minimum atomic E-state index is -0.667. The largest absolute Gasteiger partial charge is 0.495 e. The van der Waals surface area contributed by atoms with Gasteiger partial charge in [-0.1, -0.05) is 30.3 Å². The summed E-state index contributed by atoms with van der Waals surface area (Å²) in [6.07, 6.45) is 0. The van der Waals surface area contributed by atoms with Crippen molar-refractivity contribution in [3.05, 3.63) is 70.1 Å². The van der Waals surface area contributed by atoms with Crippen molar-refractivity contribution in [1.82, 2.24) is 0 Å². The fraction of sp³-hybridized carbons (Fsp3) is 0.111. The van der Waals surface area contributed by atoms with E-state index >= 15 is 0 Å². The Bertz CT molecular complexity index is 943. The van der Waals surface area contributed by atoms with Crippen LogP contribution < -0.4 is 15.7 Å². The van der Waals surface area contributed by atoms with Gasteiger partial charge in [-0.15, -0.1) is 0 Å². The maximum absolute atomic E-state index is 12.4. The molecule has 23 heavy (non-hydrogen) atoms. The molecule has 0 aliphatic carbocycles. The Labute approximate surface area is 132 Å². The molecule has 0 aliphatic rings. The molecule has 0 atom stereocenters. The summed E-state index contributed by atoms with van der Waals surface area (Å²) in [5.41, 5.74) is 1.11. The van der Waals surface area contributed by atoms with E-state index in [1.165, 1.54) is 7.11 Å². The first-order valence-corrected chi connectivity index (χ1v) is 7.08. The molecule has 116 valence electrons. The number of benzene rings is 2. The number of hydrogen-bond donors (Lipinski definition) is 1. The van der Waals surface area contributed by atoms with Gasteiger partial charge in [-0.2, -0.15) is 0 Å². The first-order chi connectivity index (χ1) is 11.1. The number of para-hydroxylation sites is 3. The molecule has 1 aromatic heterocycles. The van der Waals surface area contributed by atoms with E-state index in [4.69, 9.17) is 9.15 Å². The maximum Gasteiger partial charge on any atom is 0.349 e. The molecule has 1 heterocycles. The average Bonchev–Trinajstić information content (AvgIpc) is 2.55. The van der Waals surface area contributed by atoms with Gasteiger partial charge in [0.15, 0.2) is 0 Å². The molecule has 1 N–H and O–H groups in total. The van der Waals surface area contributed by atoms with Gasteiger partial charge in [0, 0.05) is 5.39 Å². The third kappa shape index (κ3) is 2.81. The summed E-state index contributed by atoms with van der Waals surface area (Å²) in [5, 5.41) is 3.38. The van der Waals surface area contributed by atoms with Crippen LogP contribution in [0.5, 0.6) is 5.75 Å². The maximum atomic E-state index is 12.4. The van der Waals surface area contributed by atoms with Crippen LogP contribution >= 0.6 is 0 Å². The lowest BCUT2D eigenvalue weighted by Gasteiger charge is -2.09. The highest BCUT2D eigenvalue weighted by atomic mass is 16.5. The van der Waals surface area contributed by atoms with E-state index in [2.05, 4.69) is 5.32 Å². The second-order valence-corrected chi connectivity index (χ2v) is 5.10. The zero-order valence-corrected chi connectivity index (χ0v) is 12.8. The number of anilines is 1. The number of nitrogens with one attached hydrogen (secondary N) is 1. The third-order valence-electron chi connectivity index (χ3n) is 3.56. The summed E-state index contributed by atoms with van der Waals surface area (Å²) in [4.78, 5) is 24.5. The normalized spacial score (nSPS) is 10.5. The summed E-state index contributed by atoms with van der Waals surface area (Å²) in [5.74, 6) is -0.0199. The molecule has 0 spiro atoms. The Morgan fingerprint density at radius 3 is 2.70 bits per heavy atom. The van der Waals surface area contributed by atoms with E-state index in [9.17, 15) is 9.59 Å². The molecular formula is C18H15NO4. The smallest absolute Gasteiger partial charge is 0.349 e. The quantitative estimate of drug-likeness (QED) is 0.753. The Hall–Kier alpha value is -3.08. The number of carbonyl (C=O) groups excluding carboxylic acids is 1. The van der Waals surface area contributed by atoms with Gasteiger partial charge in [0.1, 0.15) is 16.9 Å². The monoisotopic (exact) mass is 309 g/mol. The zero-order chi connectivity index (χ0) is 16.4. The number of ether oxygens (including phenoxy) is 1. The first-order valence-electron chi connectivity index (χ1n) is 7.08. The number of fused-ring (bicyclic) bond motifs is 1. The summed E-state index contributed by atoms with van der Waals surface area (Å²) >= 11 is 0. The lowest BCUT2D eigenvalue weighted by Crippen LogP contribution is -2.21. The molecule has 0 unspecified atom stereocenters. The van der Waals surface area contributed by atoms with Crippen molar-refractivity contribution in [3.8, 4) is 5.75 Å². The Morgan fingerprint density at radius 1 is 1.13 bits per heavy atom. The molecule has 0 fully saturated rings. The highest BCUT2D eigenvalue weighted by molar-refractivity contribution is 6.06. The van der Waals surface area contributed by atoms with Crippen LogP contribution in [0.15, 0.2) is 57.7 Å². The predicted molar refractivity (Wildman–Crippen MR) is 88.2 cm³/mol. The summed E-state index contributed by atoms with van der Waals surface area (Å²) in [7, 11) is 1.51. The highest BCUT2D eigenvalue weighted by Gasteiger charge is 2.16. The average molecular weight is 309 g/mol. The Balaban J connectivity index is 2.01. The second kappa shape index (κ2) is 5.96. The van der Waals surface area contributed by atoms with Crippen molar-refractivity contribution < 1.29 is 13.9 Å². The van der Waals surface area contributed by atoms with E-state index < -0.39 is 11.5 Å². The highest BCUT2D eigenvalue weighted by Crippen LogP contribution is 2.24. The van der Waals surface area contributed by atoms with Crippen molar-refractivity contribution in [2.45, 2.75) is 6.92 Å². The van der Waals surface area contributed by atoms with Crippen LogP contribution in [0.2, 0.25) is 0 Å². The van der Waals surface area contributed by atoms with Crippen LogP contribution in [0.4, 0.5) is 5.69 Å². The van der Waals surface area contributed by atoms with Crippen molar-refractivity contribution in [2.24, 2.45) is 0 Å². The molecule has 0 bridgehead atoms. The molecular weight excluding hydrogens is 294 g/mol. The summed E-state index contributed by atoms with van der Waals surface area (Å²) < 4.78 is 10.5. The number of methoxy groups -OCH3 is 1. The minimum Gasteiger partial charge on any atom is -0.495 e. The van der Waals surface area contributed by atoms with Gasteiger partial charge >= 0.3 is 5.63 Å². The van der Waals surface area contributed by atoms with E-state index in [1.807, 2.05) is 19.1 Å². The van der Waals surface area contributed by atoms with E-state index in [0.29, 0.717) is 22.4 Å². The number of rotatable bonds is 3. The molecule has 5 heteroatoms. The molecule has 3 aromatic rings. The van der Waals surface area contributed by atoms with Gasteiger partial charge < -0.3 is 14.5 Å². The molecule has 0 aliphatic heterocycles. The van der Waals surface area contributed by atoms with E-state index in [1.54, 1.807) is 36.4 Å². The third-order valence-corrected chi connectivity index (χ3v) is 3.56. The van der Waals surface area contributed by atoms with Crippen LogP contribution in [0, 0.1) is 6.92 Å². The fourth-order valence-corrected chi connectivity index (χ4v) is 2.39. The summed E-state index contributed by atoms with van der Waals surface area (Å²) in [6, 6.07) is 14.0. The second-order valence-electron chi connectivity index (χ2n) is 5.10. The van der Waals surface area contributed by atoms with E-state index in [0.717, 1.165) is 5.56 Å². The van der Waals surface area contributed by atoms with E-state index in [-0.39, 0.29) is 5.56 Å². The molecule has 3 rings (SSSR count). The van der Waals surface area contributed by atoms with Gasteiger partial charge in [-0.25, -0.2) is 4.79 Å². The molecule has 1 amide bonds. The van der Waals surface area contributed by atoms with Crippen LogP contribution in [0.25, 0.3) is 11.0 Å². The fourth-order valence-electron chi connectivity index (χ4n) is 2.39. The van der Waals surface area contributed by atoms with Gasteiger partial charge in [-0.3, -0.25) is 4.79 Å². The van der Waals surface area contributed by atoms with Gasteiger partial charge in [-0.05, 0) is 30.7 Å². The van der Waals surface area contributed by atoms with Gasteiger partial charge in [0.05, 0.1) is 12.8 Å². The Kier molecular flexibility index (Phi) is 3.85. The standard InChI is InChI=1S/C18H15NO4/c1-11-6-5-7-12-10-13(18(21)23-16(11)12)17(20)19-14-8-3-4-9-15(14)22-2/h3-10H,1-2H3,(H,19,20). The number of hydrogen-bond acceptors (Lipinski definition) is 4. The number of aryl methyl sites for hydroxylation is 1. The first kappa shape index (κ1) is 14.8. The van der Waals surface area contributed by atoms with Crippen LogP contribution in [-0.2, 0) is 0 Å². The predicted octanol–water partition coefficient (Wildman–Crippen LogP) is 3.36. The van der Waals surface area contributed by atoms with Crippen molar-refractivity contribution in [3.63, 3.8) is 0 Å². The lowest BCUT2D eigenvalue weighted by atomic mass is 10.1. The number of amides is 1. The number of carbonyl (C=O) groups is 1. The zero-order valence-electron chi connectivity index (χ0n) is 12.8. The topological polar surface area (TPSA) is 68.5 Å². The van der Waals surface area contributed by atoms with Crippen LogP contribution in [0.3, 0.4) is 0 Å². The van der Waals surface area contributed by atoms with Crippen molar-refractivity contribution in [2.75, 3.05) is 12.4 Å².